The Kier molecular flexibility index (Phi) is 6.92. The molecule has 1 aromatic heterocycles. The first-order chi connectivity index (χ1) is 15.9. The molecule has 1 aliphatic heterocycles. The summed E-state index contributed by atoms with van der Waals surface area (Å²) < 4.78 is 6.66. The average molecular weight is 449 g/mol. The van der Waals surface area contributed by atoms with Gasteiger partial charge in [-0.15, -0.1) is 0 Å². The lowest BCUT2D eigenvalue weighted by atomic mass is 9.95. The monoisotopic (exact) mass is 448 g/mol. The van der Waals surface area contributed by atoms with Crippen molar-refractivity contribution in [1.29, 1.82) is 5.26 Å². The topological polar surface area (TPSA) is 120 Å². The number of nitrogens with zero attached hydrogens (tertiary/aromatic N) is 2. The van der Waals surface area contributed by atoms with Gasteiger partial charge in [0.25, 0.3) is 0 Å². The van der Waals surface area contributed by atoms with Crippen LogP contribution in [0.15, 0.2) is 51.7 Å². The van der Waals surface area contributed by atoms with Gasteiger partial charge < -0.3 is 20.2 Å². The van der Waals surface area contributed by atoms with Crippen LogP contribution in [-0.4, -0.2) is 40.8 Å². The van der Waals surface area contributed by atoms with Gasteiger partial charge in [0.2, 0.25) is 5.91 Å². The van der Waals surface area contributed by atoms with Gasteiger partial charge in [-0.25, -0.2) is 4.79 Å². The van der Waals surface area contributed by atoms with E-state index in [9.17, 15) is 20.0 Å². The first-order valence-electron chi connectivity index (χ1n) is 11.2. The SMILES string of the molecule is Cn1c(=O)oc2ccc(-c3ccc(CC(C#N)NC(=O)C4CCC(O)CCNC4)cc3)cc21. The maximum absolute atomic E-state index is 12.7. The van der Waals surface area contributed by atoms with E-state index in [1.165, 1.54) is 4.57 Å². The minimum absolute atomic E-state index is 0.154. The van der Waals surface area contributed by atoms with Crippen molar-refractivity contribution < 1.29 is 14.3 Å². The Bertz CT molecular complexity index is 1220. The zero-order chi connectivity index (χ0) is 23.4. The minimum atomic E-state index is -0.629. The van der Waals surface area contributed by atoms with Crippen molar-refractivity contribution in [3.8, 4) is 17.2 Å². The van der Waals surface area contributed by atoms with E-state index >= 15 is 0 Å². The number of fused-ring (bicyclic) bond motifs is 1. The number of nitrogens with one attached hydrogen (secondary N) is 2. The maximum atomic E-state index is 12.7. The van der Waals surface area contributed by atoms with Gasteiger partial charge in [-0.2, -0.15) is 5.26 Å². The van der Waals surface area contributed by atoms with Gasteiger partial charge in [-0.1, -0.05) is 30.3 Å². The Labute approximate surface area is 191 Å². The van der Waals surface area contributed by atoms with Crippen molar-refractivity contribution in [2.75, 3.05) is 13.1 Å². The number of benzene rings is 2. The van der Waals surface area contributed by atoms with Gasteiger partial charge in [0.1, 0.15) is 6.04 Å². The lowest BCUT2D eigenvalue weighted by Crippen LogP contribution is -2.44. The lowest BCUT2D eigenvalue weighted by molar-refractivity contribution is -0.125. The van der Waals surface area contributed by atoms with Crippen LogP contribution in [0.3, 0.4) is 0 Å². The Balaban J connectivity index is 1.41. The predicted molar refractivity (Wildman–Crippen MR) is 124 cm³/mol. The highest BCUT2D eigenvalue weighted by Gasteiger charge is 2.24. The highest BCUT2D eigenvalue weighted by molar-refractivity contribution is 5.81. The molecule has 8 heteroatoms. The molecule has 1 fully saturated rings. The molecule has 4 rings (SSSR count). The summed E-state index contributed by atoms with van der Waals surface area (Å²) in [5, 5.41) is 25.5. The molecule has 3 atom stereocenters. The number of aliphatic hydroxyl groups is 1. The molecular weight excluding hydrogens is 420 g/mol. The largest absolute Gasteiger partial charge is 0.419 e. The molecule has 2 heterocycles. The lowest BCUT2D eigenvalue weighted by Gasteiger charge is -2.23. The summed E-state index contributed by atoms with van der Waals surface area (Å²) >= 11 is 0. The fraction of sp³-hybridized carbons (Fsp3) is 0.400. The van der Waals surface area contributed by atoms with Crippen LogP contribution >= 0.6 is 0 Å². The van der Waals surface area contributed by atoms with Gasteiger partial charge in [-0.3, -0.25) is 9.36 Å². The smallest absolute Gasteiger partial charge is 0.408 e. The van der Waals surface area contributed by atoms with Crippen LogP contribution < -0.4 is 16.4 Å². The van der Waals surface area contributed by atoms with Crippen molar-refractivity contribution >= 4 is 17.0 Å². The Morgan fingerprint density at radius 3 is 2.76 bits per heavy atom. The molecule has 0 bridgehead atoms. The molecule has 0 saturated carbocycles. The van der Waals surface area contributed by atoms with E-state index in [1.54, 1.807) is 13.1 Å². The molecule has 172 valence electrons. The number of rotatable bonds is 5. The molecular formula is C25H28N4O4. The molecule has 33 heavy (non-hydrogen) atoms. The van der Waals surface area contributed by atoms with Crippen LogP contribution in [0.1, 0.15) is 24.8 Å². The van der Waals surface area contributed by atoms with E-state index in [0.29, 0.717) is 44.4 Å². The predicted octanol–water partition coefficient (Wildman–Crippen LogP) is 2.10. The molecule has 1 saturated heterocycles. The van der Waals surface area contributed by atoms with E-state index in [1.807, 2.05) is 36.4 Å². The Hall–Kier alpha value is -3.41. The summed E-state index contributed by atoms with van der Waals surface area (Å²) in [5.74, 6) is -0.806. The van der Waals surface area contributed by atoms with Crippen LogP contribution in [0, 0.1) is 17.2 Å². The third-order valence-corrected chi connectivity index (χ3v) is 6.26. The summed E-state index contributed by atoms with van der Waals surface area (Å²) in [6, 6.07) is 15.0. The summed E-state index contributed by atoms with van der Waals surface area (Å²) in [6.07, 6.45) is 1.90. The first kappa shape index (κ1) is 22.8. The number of hydrogen-bond acceptors (Lipinski definition) is 6. The number of nitriles is 1. The third kappa shape index (κ3) is 5.33. The molecule has 0 spiro atoms. The zero-order valence-corrected chi connectivity index (χ0v) is 18.6. The highest BCUT2D eigenvalue weighted by atomic mass is 16.4. The van der Waals surface area contributed by atoms with Crippen LogP contribution in [0.2, 0.25) is 0 Å². The van der Waals surface area contributed by atoms with Crippen molar-refractivity contribution in [2.45, 2.75) is 37.8 Å². The van der Waals surface area contributed by atoms with E-state index in [2.05, 4.69) is 16.7 Å². The van der Waals surface area contributed by atoms with Crippen molar-refractivity contribution in [2.24, 2.45) is 13.0 Å². The van der Waals surface area contributed by atoms with Crippen molar-refractivity contribution in [1.82, 2.24) is 15.2 Å². The van der Waals surface area contributed by atoms with Gasteiger partial charge in [0.15, 0.2) is 5.58 Å². The first-order valence-corrected chi connectivity index (χ1v) is 11.2. The number of aliphatic hydroxyl groups excluding tert-OH is 1. The fourth-order valence-electron chi connectivity index (χ4n) is 4.20. The van der Waals surface area contributed by atoms with E-state index in [0.717, 1.165) is 22.2 Å². The average Bonchev–Trinajstić information content (AvgIpc) is 3.09. The number of carbonyl (C=O) groups excluding carboxylic acids is 1. The molecule has 3 N–H and O–H groups in total. The van der Waals surface area contributed by atoms with Crippen LogP contribution in [0.25, 0.3) is 22.2 Å². The van der Waals surface area contributed by atoms with Crippen molar-refractivity contribution in [3.05, 3.63) is 58.6 Å². The van der Waals surface area contributed by atoms with Crippen LogP contribution in [0.4, 0.5) is 0 Å². The summed E-state index contributed by atoms with van der Waals surface area (Å²) in [4.78, 5) is 24.4. The number of aryl methyl sites for hydroxylation is 1. The van der Waals surface area contributed by atoms with Gasteiger partial charge in [-0.05, 0) is 54.6 Å². The molecule has 0 radical (unpaired) electrons. The van der Waals surface area contributed by atoms with Gasteiger partial charge >= 0.3 is 5.76 Å². The van der Waals surface area contributed by atoms with Gasteiger partial charge in [0.05, 0.1) is 23.6 Å². The number of amides is 1. The highest BCUT2D eigenvalue weighted by Crippen LogP contribution is 2.24. The number of hydrogen-bond donors (Lipinski definition) is 3. The zero-order valence-electron chi connectivity index (χ0n) is 18.6. The van der Waals surface area contributed by atoms with Crippen LogP contribution in [-0.2, 0) is 18.3 Å². The quantitative estimate of drug-likeness (QED) is 0.550. The van der Waals surface area contributed by atoms with Gasteiger partial charge in [0, 0.05) is 20.0 Å². The molecule has 0 aliphatic carbocycles. The summed E-state index contributed by atoms with van der Waals surface area (Å²) in [5.41, 5.74) is 4.14. The number of oxazole rings is 1. The number of carbonyl (C=O) groups is 1. The molecule has 1 aliphatic rings. The molecule has 2 aromatic carbocycles. The Morgan fingerprint density at radius 2 is 2.00 bits per heavy atom. The molecule has 3 unspecified atom stereocenters. The van der Waals surface area contributed by atoms with E-state index < -0.39 is 17.9 Å². The number of aromatic nitrogens is 1. The summed E-state index contributed by atoms with van der Waals surface area (Å²) in [7, 11) is 1.67. The molecule has 1 amide bonds. The van der Waals surface area contributed by atoms with Crippen molar-refractivity contribution in [3.63, 3.8) is 0 Å². The minimum Gasteiger partial charge on any atom is -0.408 e. The second-order valence-corrected chi connectivity index (χ2v) is 8.62. The fourth-order valence-corrected chi connectivity index (χ4v) is 4.20. The van der Waals surface area contributed by atoms with E-state index in [-0.39, 0.29) is 11.8 Å². The second-order valence-electron chi connectivity index (χ2n) is 8.62. The van der Waals surface area contributed by atoms with E-state index in [4.69, 9.17) is 4.42 Å². The second kappa shape index (κ2) is 10.0. The third-order valence-electron chi connectivity index (χ3n) is 6.26. The normalized spacial score (nSPS) is 19.9. The van der Waals surface area contributed by atoms with Crippen LogP contribution in [0.5, 0.6) is 0 Å². The standard InChI is InChI=1S/C25H28N4O4/c1-29-22-13-18(7-9-23(22)33-25(29)32)17-4-2-16(3-5-17)12-20(14-26)28-24(31)19-6-8-21(30)10-11-27-15-19/h2-5,7,9,13,19-21,27,30H,6,8,10-12,15H2,1H3,(H,28,31). The Morgan fingerprint density at radius 1 is 1.24 bits per heavy atom. The molecule has 8 nitrogen and oxygen atoms in total. The molecule has 3 aromatic rings. The summed E-state index contributed by atoms with van der Waals surface area (Å²) in [6.45, 7) is 1.24. The maximum Gasteiger partial charge on any atom is 0.419 e.